The number of carbonyl (C=O) groups excluding carboxylic acids is 1. The van der Waals surface area contributed by atoms with Gasteiger partial charge in [0.25, 0.3) is 10.8 Å². The first-order chi connectivity index (χ1) is 12.9. The first-order valence-electron chi connectivity index (χ1n) is 8.04. The maximum Gasteiger partial charge on any atom is 0.325 e. The summed E-state index contributed by atoms with van der Waals surface area (Å²) in [7, 11) is 0. The Kier molecular flexibility index (Phi) is 5.55. The monoisotopic (exact) mass is 387 g/mol. The van der Waals surface area contributed by atoms with Gasteiger partial charge in [-0.25, -0.2) is 4.79 Å². The number of H-pyrrole nitrogens is 2. The quantitative estimate of drug-likeness (QED) is 0.544. The van der Waals surface area contributed by atoms with Crippen molar-refractivity contribution >= 4 is 23.4 Å². The molecular weight excluding hydrogens is 370 g/mol. The van der Waals surface area contributed by atoms with Crippen LogP contribution in [-0.4, -0.2) is 31.8 Å². The molecule has 9 nitrogen and oxygen atoms in total. The maximum atomic E-state index is 12.0. The van der Waals surface area contributed by atoms with Gasteiger partial charge in [0.05, 0.1) is 12.2 Å². The number of hydrogen-bond acceptors (Lipinski definition) is 7. The number of aryl methyl sites for hydroxylation is 2. The Balaban J connectivity index is 1.58. The normalized spacial score (nSPS) is 10.7. The molecule has 0 fully saturated rings. The number of rotatable bonds is 6. The van der Waals surface area contributed by atoms with Crippen molar-refractivity contribution in [2.45, 2.75) is 25.5 Å². The number of nitrogens with zero attached hydrogens (tertiary/aromatic N) is 2. The number of carbonyl (C=O) groups is 1. The number of benzene rings is 1. The molecule has 0 saturated heterocycles. The van der Waals surface area contributed by atoms with Crippen molar-refractivity contribution in [3.05, 3.63) is 67.8 Å². The number of aromatic amines is 2. The summed E-state index contributed by atoms with van der Waals surface area (Å²) in [5.74, 6) is 0.127. The minimum atomic E-state index is -0.567. The van der Waals surface area contributed by atoms with Crippen molar-refractivity contribution < 1.29 is 9.21 Å². The molecule has 1 amide bonds. The van der Waals surface area contributed by atoms with E-state index >= 15 is 0 Å². The van der Waals surface area contributed by atoms with Gasteiger partial charge in [-0.15, -0.1) is 10.2 Å². The number of aromatic nitrogens is 4. The fourth-order valence-corrected chi connectivity index (χ4v) is 2.90. The van der Waals surface area contributed by atoms with Crippen LogP contribution in [0.5, 0.6) is 0 Å². The van der Waals surface area contributed by atoms with Crippen molar-refractivity contribution in [3.63, 3.8) is 0 Å². The van der Waals surface area contributed by atoms with Gasteiger partial charge in [-0.1, -0.05) is 29.5 Å². The molecule has 0 bridgehead atoms. The molecule has 1 aromatic carbocycles. The Hall–Kier alpha value is -3.14. The topological polar surface area (TPSA) is 134 Å². The Bertz CT molecular complexity index is 1070. The van der Waals surface area contributed by atoms with E-state index in [1.165, 1.54) is 0 Å². The van der Waals surface area contributed by atoms with Crippen LogP contribution in [0.15, 0.2) is 43.5 Å². The standard InChI is InChI=1S/C17H17N5O4S/c1-9-3-5-11(6-4-9)19-13(23)8-27-17-22-21-14(26-17)7-12-10(2)18-16(25)20-15(12)24/h3-6H,7-8H2,1-2H3,(H,19,23)(H2,18,20,24,25). The molecule has 0 unspecified atom stereocenters. The number of nitrogens with one attached hydrogen (secondary N) is 3. The number of anilines is 1. The van der Waals surface area contributed by atoms with E-state index in [0.717, 1.165) is 17.3 Å². The van der Waals surface area contributed by atoms with E-state index < -0.39 is 11.2 Å². The summed E-state index contributed by atoms with van der Waals surface area (Å²) in [6, 6.07) is 7.47. The van der Waals surface area contributed by atoms with E-state index in [9.17, 15) is 14.4 Å². The lowest BCUT2D eigenvalue weighted by Gasteiger charge is -2.04. The first kappa shape index (κ1) is 18.6. The van der Waals surface area contributed by atoms with Gasteiger partial charge < -0.3 is 14.7 Å². The summed E-state index contributed by atoms with van der Waals surface area (Å²) in [6.07, 6.45) is 0.0844. The third-order valence-corrected chi connectivity index (χ3v) is 4.51. The lowest BCUT2D eigenvalue weighted by molar-refractivity contribution is -0.113. The Morgan fingerprint density at radius 2 is 1.89 bits per heavy atom. The molecule has 0 aliphatic rings. The fraction of sp³-hybridized carbons (Fsp3) is 0.235. The highest BCUT2D eigenvalue weighted by molar-refractivity contribution is 7.99. The van der Waals surface area contributed by atoms with Crippen LogP contribution >= 0.6 is 11.8 Å². The Morgan fingerprint density at radius 3 is 2.59 bits per heavy atom. The maximum absolute atomic E-state index is 12.0. The predicted molar refractivity (Wildman–Crippen MR) is 100 cm³/mol. The van der Waals surface area contributed by atoms with Crippen LogP contribution in [0.3, 0.4) is 0 Å². The van der Waals surface area contributed by atoms with Crippen molar-refractivity contribution in [1.82, 2.24) is 20.2 Å². The van der Waals surface area contributed by atoms with Crippen LogP contribution < -0.4 is 16.6 Å². The van der Waals surface area contributed by atoms with Crippen molar-refractivity contribution in [2.75, 3.05) is 11.1 Å². The molecule has 3 N–H and O–H groups in total. The number of thioether (sulfide) groups is 1. The zero-order valence-corrected chi connectivity index (χ0v) is 15.5. The van der Waals surface area contributed by atoms with Crippen LogP contribution in [0.4, 0.5) is 5.69 Å². The summed E-state index contributed by atoms with van der Waals surface area (Å²) in [5.41, 5.74) is 1.53. The van der Waals surface area contributed by atoms with Crippen molar-refractivity contribution in [2.24, 2.45) is 0 Å². The van der Waals surface area contributed by atoms with E-state index in [-0.39, 0.29) is 29.2 Å². The van der Waals surface area contributed by atoms with E-state index in [0.29, 0.717) is 16.9 Å². The largest absolute Gasteiger partial charge is 0.416 e. The first-order valence-corrected chi connectivity index (χ1v) is 9.03. The third-order valence-electron chi connectivity index (χ3n) is 3.69. The average molecular weight is 387 g/mol. The minimum absolute atomic E-state index is 0.0844. The summed E-state index contributed by atoms with van der Waals surface area (Å²) >= 11 is 1.10. The average Bonchev–Trinajstić information content (AvgIpc) is 3.06. The predicted octanol–water partition coefficient (Wildman–Crippen LogP) is 1.38. The van der Waals surface area contributed by atoms with E-state index in [1.807, 2.05) is 31.2 Å². The van der Waals surface area contributed by atoms with Crippen LogP contribution in [0.2, 0.25) is 0 Å². The van der Waals surface area contributed by atoms with Crippen LogP contribution in [0, 0.1) is 13.8 Å². The van der Waals surface area contributed by atoms with Gasteiger partial charge in [-0.3, -0.25) is 14.6 Å². The van der Waals surface area contributed by atoms with Gasteiger partial charge in [0.1, 0.15) is 0 Å². The highest BCUT2D eigenvalue weighted by atomic mass is 32.2. The SMILES string of the molecule is Cc1ccc(NC(=O)CSc2nnc(Cc3c(C)[nH]c(=O)[nH]c3=O)o2)cc1. The fourth-order valence-electron chi connectivity index (χ4n) is 2.32. The van der Waals surface area contributed by atoms with Gasteiger partial charge >= 0.3 is 5.69 Å². The van der Waals surface area contributed by atoms with Gasteiger partial charge in [-0.2, -0.15) is 0 Å². The lowest BCUT2D eigenvalue weighted by Crippen LogP contribution is -2.27. The smallest absolute Gasteiger partial charge is 0.325 e. The molecule has 0 aliphatic carbocycles. The molecule has 3 aromatic rings. The molecule has 0 spiro atoms. The molecule has 0 aliphatic heterocycles. The Morgan fingerprint density at radius 1 is 1.15 bits per heavy atom. The van der Waals surface area contributed by atoms with Gasteiger partial charge in [-0.05, 0) is 26.0 Å². The molecule has 10 heteroatoms. The second-order valence-electron chi connectivity index (χ2n) is 5.85. The number of amides is 1. The van der Waals surface area contributed by atoms with Crippen LogP contribution in [0.25, 0.3) is 0 Å². The molecular formula is C17H17N5O4S. The van der Waals surface area contributed by atoms with Gasteiger partial charge in [0, 0.05) is 16.9 Å². The summed E-state index contributed by atoms with van der Waals surface area (Å²) in [5, 5.41) is 10.7. The highest BCUT2D eigenvalue weighted by Gasteiger charge is 2.14. The summed E-state index contributed by atoms with van der Waals surface area (Å²) < 4.78 is 5.46. The third kappa shape index (κ3) is 4.94. The molecule has 2 aromatic heterocycles. The summed E-state index contributed by atoms with van der Waals surface area (Å²) in [4.78, 5) is 39.7. The van der Waals surface area contributed by atoms with E-state index in [1.54, 1.807) is 6.92 Å². The van der Waals surface area contributed by atoms with Crippen molar-refractivity contribution in [3.8, 4) is 0 Å². The molecule has 0 saturated carbocycles. The Labute approximate surface area is 157 Å². The minimum Gasteiger partial charge on any atom is -0.416 e. The van der Waals surface area contributed by atoms with Gasteiger partial charge in [0.2, 0.25) is 11.8 Å². The van der Waals surface area contributed by atoms with Crippen molar-refractivity contribution in [1.29, 1.82) is 0 Å². The highest BCUT2D eigenvalue weighted by Crippen LogP contribution is 2.18. The molecule has 3 rings (SSSR count). The van der Waals surface area contributed by atoms with E-state index in [2.05, 4.69) is 25.5 Å². The second-order valence-corrected chi connectivity index (χ2v) is 6.78. The zero-order chi connectivity index (χ0) is 19.4. The molecule has 0 atom stereocenters. The molecule has 2 heterocycles. The van der Waals surface area contributed by atoms with Gasteiger partial charge in [0.15, 0.2) is 0 Å². The van der Waals surface area contributed by atoms with Crippen LogP contribution in [0.1, 0.15) is 22.7 Å². The zero-order valence-electron chi connectivity index (χ0n) is 14.7. The molecule has 140 valence electrons. The molecule has 27 heavy (non-hydrogen) atoms. The lowest BCUT2D eigenvalue weighted by atomic mass is 10.2. The number of hydrogen-bond donors (Lipinski definition) is 3. The molecule has 0 radical (unpaired) electrons. The van der Waals surface area contributed by atoms with E-state index in [4.69, 9.17) is 4.42 Å². The van der Waals surface area contributed by atoms with Crippen LogP contribution in [-0.2, 0) is 11.2 Å². The second kappa shape index (κ2) is 8.04. The summed E-state index contributed by atoms with van der Waals surface area (Å²) in [6.45, 7) is 3.59.